The van der Waals surface area contributed by atoms with Gasteiger partial charge in [0.1, 0.15) is 0 Å². The van der Waals surface area contributed by atoms with Gasteiger partial charge < -0.3 is 15.2 Å². The summed E-state index contributed by atoms with van der Waals surface area (Å²) >= 11 is 1.58. The minimum absolute atomic E-state index is 0.100. The second-order valence-electron chi connectivity index (χ2n) is 5.46. The van der Waals surface area contributed by atoms with Crippen LogP contribution in [0, 0.1) is 6.92 Å². The predicted octanol–water partition coefficient (Wildman–Crippen LogP) is 3.20. The first kappa shape index (κ1) is 16.2. The maximum Gasteiger partial charge on any atom is 0.315 e. The van der Waals surface area contributed by atoms with Crippen molar-refractivity contribution in [3.05, 3.63) is 64.6 Å². The van der Waals surface area contributed by atoms with E-state index in [-0.39, 0.29) is 12.1 Å². The van der Waals surface area contributed by atoms with Crippen molar-refractivity contribution in [3.63, 3.8) is 0 Å². The number of carbonyl (C=O) groups excluding carboxylic acids is 1. The van der Waals surface area contributed by atoms with E-state index in [4.69, 9.17) is 0 Å². The lowest BCUT2D eigenvalue weighted by molar-refractivity contribution is 0.237. The number of rotatable bonds is 5. The quantitative estimate of drug-likeness (QED) is 0.748. The van der Waals surface area contributed by atoms with Gasteiger partial charge in [-0.1, -0.05) is 12.1 Å². The van der Waals surface area contributed by atoms with Gasteiger partial charge in [0.2, 0.25) is 0 Å². The van der Waals surface area contributed by atoms with Crippen LogP contribution >= 0.6 is 11.3 Å². The average Bonchev–Trinajstić information content (AvgIpc) is 3.24. The summed E-state index contributed by atoms with van der Waals surface area (Å²) in [5.41, 5.74) is 2.05. The third-order valence-corrected chi connectivity index (χ3v) is 4.53. The SMILES string of the molecule is Cc1ncc(CNC(=O)N[C@H](C)c2cccc(-n3ccnc3)c2)s1. The maximum atomic E-state index is 12.1. The standard InChI is InChI=1S/C17H19N5OS/c1-12(21-17(23)20-10-16-9-19-13(2)24-16)14-4-3-5-15(8-14)22-7-6-18-11-22/h3-9,11-12H,10H2,1-2H3,(H2,20,21,23)/t12-/m1/s1. The van der Waals surface area contributed by atoms with E-state index in [0.29, 0.717) is 6.54 Å². The summed E-state index contributed by atoms with van der Waals surface area (Å²) in [5, 5.41) is 6.81. The average molecular weight is 341 g/mol. The van der Waals surface area contributed by atoms with Crippen molar-refractivity contribution in [2.24, 2.45) is 0 Å². The molecule has 3 aromatic rings. The van der Waals surface area contributed by atoms with E-state index in [1.54, 1.807) is 30.1 Å². The predicted molar refractivity (Wildman–Crippen MR) is 94.2 cm³/mol. The van der Waals surface area contributed by atoms with Crippen LogP contribution in [0.3, 0.4) is 0 Å². The molecule has 0 bridgehead atoms. The van der Waals surface area contributed by atoms with Crippen molar-refractivity contribution < 1.29 is 4.79 Å². The van der Waals surface area contributed by atoms with Crippen molar-refractivity contribution in [2.45, 2.75) is 26.4 Å². The first-order chi connectivity index (χ1) is 11.6. The minimum atomic E-state index is -0.193. The summed E-state index contributed by atoms with van der Waals surface area (Å²) in [6.45, 7) is 4.39. The van der Waals surface area contributed by atoms with E-state index >= 15 is 0 Å². The fourth-order valence-corrected chi connectivity index (χ4v) is 3.09. The molecule has 0 aliphatic rings. The molecular formula is C17H19N5OS. The molecule has 0 saturated carbocycles. The number of thiazole rings is 1. The highest BCUT2D eigenvalue weighted by Gasteiger charge is 2.10. The monoisotopic (exact) mass is 341 g/mol. The van der Waals surface area contributed by atoms with E-state index in [0.717, 1.165) is 21.1 Å². The smallest absolute Gasteiger partial charge is 0.315 e. The van der Waals surface area contributed by atoms with Crippen LogP contribution in [0.1, 0.15) is 28.4 Å². The molecular weight excluding hydrogens is 322 g/mol. The molecule has 124 valence electrons. The summed E-state index contributed by atoms with van der Waals surface area (Å²) in [6.07, 6.45) is 7.17. The number of benzene rings is 1. The number of hydrogen-bond donors (Lipinski definition) is 2. The number of imidazole rings is 1. The second-order valence-corrected chi connectivity index (χ2v) is 6.78. The molecule has 7 heteroatoms. The van der Waals surface area contributed by atoms with Gasteiger partial charge in [0, 0.05) is 29.2 Å². The molecule has 24 heavy (non-hydrogen) atoms. The van der Waals surface area contributed by atoms with Crippen LogP contribution in [0.4, 0.5) is 4.79 Å². The Bertz CT molecular complexity index is 812. The molecule has 1 atom stereocenters. The number of urea groups is 1. The van der Waals surface area contributed by atoms with E-state index in [2.05, 4.69) is 20.6 Å². The van der Waals surface area contributed by atoms with Crippen molar-refractivity contribution in [1.29, 1.82) is 0 Å². The zero-order valence-electron chi connectivity index (χ0n) is 13.6. The Kier molecular flexibility index (Phi) is 4.90. The van der Waals surface area contributed by atoms with Crippen LogP contribution < -0.4 is 10.6 Å². The van der Waals surface area contributed by atoms with Crippen molar-refractivity contribution in [2.75, 3.05) is 0 Å². The van der Waals surface area contributed by atoms with Crippen LogP contribution in [-0.4, -0.2) is 20.6 Å². The molecule has 0 saturated heterocycles. The number of carbonyl (C=O) groups is 1. The van der Waals surface area contributed by atoms with Crippen LogP contribution in [0.15, 0.2) is 49.2 Å². The number of aromatic nitrogens is 3. The third-order valence-electron chi connectivity index (χ3n) is 3.61. The summed E-state index contributed by atoms with van der Waals surface area (Å²) in [4.78, 5) is 21.3. The highest BCUT2D eigenvalue weighted by atomic mass is 32.1. The molecule has 2 N–H and O–H groups in total. The molecule has 2 aromatic heterocycles. The van der Waals surface area contributed by atoms with Crippen LogP contribution in [-0.2, 0) is 6.54 Å². The van der Waals surface area contributed by atoms with Crippen molar-refractivity contribution >= 4 is 17.4 Å². The molecule has 1 aromatic carbocycles. The lowest BCUT2D eigenvalue weighted by Gasteiger charge is -2.16. The molecule has 0 unspecified atom stereocenters. The normalized spacial score (nSPS) is 11.9. The fraction of sp³-hybridized carbons (Fsp3) is 0.235. The Balaban J connectivity index is 1.59. The minimum Gasteiger partial charge on any atom is -0.333 e. The molecule has 0 spiro atoms. The van der Waals surface area contributed by atoms with E-state index in [1.165, 1.54) is 0 Å². The Labute approximate surface area is 144 Å². The number of amides is 2. The van der Waals surface area contributed by atoms with Gasteiger partial charge in [-0.25, -0.2) is 14.8 Å². The summed E-state index contributed by atoms with van der Waals surface area (Å²) in [5.74, 6) is 0. The van der Waals surface area contributed by atoms with Gasteiger partial charge >= 0.3 is 6.03 Å². The molecule has 0 fully saturated rings. The van der Waals surface area contributed by atoms with Crippen molar-refractivity contribution in [1.82, 2.24) is 25.2 Å². The molecule has 0 aliphatic heterocycles. The van der Waals surface area contributed by atoms with Gasteiger partial charge in [0.25, 0.3) is 0 Å². The number of hydrogen-bond acceptors (Lipinski definition) is 4. The zero-order chi connectivity index (χ0) is 16.9. The largest absolute Gasteiger partial charge is 0.333 e. The first-order valence-electron chi connectivity index (χ1n) is 7.66. The van der Waals surface area contributed by atoms with Gasteiger partial charge in [0.05, 0.1) is 23.9 Å². The van der Waals surface area contributed by atoms with Gasteiger partial charge in [-0.05, 0) is 31.5 Å². The van der Waals surface area contributed by atoms with Gasteiger partial charge in [-0.2, -0.15) is 0 Å². The van der Waals surface area contributed by atoms with Gasteiger partial charge in [-0.15, -0.1) is 11.3 Å². The van der Waals surface area contributed by atoms with E-state index < -0.39 is 0 Å². The number of aryl methyl sites for hydroxylation is 1. The topological polar surface area (TPSA) is 71.8 Å². The molecule has 2 heterocycles. The highest BCUT2D eigenvalue weighted by molar-refractivity contribution is 7.11. The van der Waals surface area contributed by atoms with Crippen LogP contribution in [0.2, 0.25) is 0 Å². The first-order valence-corrected chi connectivity index (χ1v) is 8.47. The second kappa shape index (κ2) is 7.27. The third kappa shape index (κ3) is 3.99. The van der Waals surface area contributed by atoms with Crippen LogP contribution in [0.5, 0.6) is 0 Å². The molecule has 2 amide bonds. The zero-order valence-corrected chi connectivity index (χ0v) is 14.4. The lowest BCUT2D eigenvalue weighted by atomic mass is 10.1. The Morgan fingerprint density at radius 3 is 3.00 bits per heavy atom. The number of nitrogens with one attached hydrogen (secondary N) is 2. The maximum absolute atomic E-state index is 12.1. The Morgan fingerprint density at radius 2 is 2.29 bits per heavy atom. The van der Waals surface area contributed by atoms with E-state index in [9.17, 15) is 4.79 Å². The van der Waals surface area contributed by atoms with Crippen LogP contribution in [0.25, 0.3) is 5.69 Å². The fourth-order valence-electron chi connectivity index (χ4n) is 2.35. The highest BCUT2D eigenvalue weighted by Crippen LogP contribution is 2.17. The summed E-state index contributed by atoms with van der Waals surface area (Å²) in [7, 11) is 0. The summed E-state index contributed by atoms with van der Waals surface area (Å²) < 4.78 is 1.93. The summed E-state index contributed by atoms with van der Waals surface area (Å²) in [6, 6.07) is 7.72. The molecule has 3 rings (SSSR count). The number of nitrogens with zero attached hydrogens (tertiary/aromatic N) is 3. The van der Waals surface area contributed by atoms with Gasteiger partial charge in [0.15, 0.2) is 0 Å². The molecule has 0 radical (unpaired) electrons. The molecule has 6 nitrogen and oxygen atoms in total. The Hall–Kier alpha value is -2.67. The van der Waals surface area contributed by atoms with Gasteiger partial charge in [-0.3, -0.25) is 0 Å². The molecule has 0 aliphatic carbocycles. The Morgan fingerprint density at radius 1 is 1.42 bits per heavy atom. The lowest BCUT2D eigenvalue weighted by Crippen LogP contribution is -2.36. The van der Waals surface area contributed by atoms with Crippen molar-refractivity contribution in [3.8, 4) is 5.69 Å². The van der Waals surface area contributed by atoms with E-state index in [1.807, 2.05) is 48.9 Å².